The van der Waals surface area contributed by atoms with Gasteiger partial charge in [0.15, 0.2) is 0 Å². The molecule has 0 atom stereocenters. The Labute approximate surface area is 70.3 Å². The number of rotatable bonds is 4. The number of allylic oxidation sites excluding steroid dienone is 6. The van der Waals surface area contributed by atoms with Gasteiger partial charge in [0, 0.05) is 0 Å². The summed E-state index contributed by atoms with van der Waals surface area (Å²) >= 11 is 0. The van der Waals surface area contributed by atoms with E-state index >= 15 is 0 Å². The van der Waals surface area contributed by atoms with E-state index < -0.39 is 0 Å². The largest absolute Gasteiger partial charge is 0.0877 e. The van der Waals surface area contributed by atoms with E-state index in [1.165, 1.54) is 5.57 Å². The van der Waals surface area contributed by atoms with Gasteiger partial charge in [-0.1, -0.05) is 49.8 Å². The molecule has 0 aromatic heterocycles. The minimum atomic E-state index is 1.16. The van der Waals surface area contributed by atoms with Crippen LogP contribution in [0.2, 0.25) is 0 Å². The van der Waals surface area contributed by atoms with E-state index in [-0.39, 0.29) is 0 Å². The first-order chi connectivity index (χ1) is 5.35. The summed E-state index contributed by atoms with van der Waals surface area (Å²) in [6.07, 6.45) is 12.8. The van der Waals surface area contributed by atoms with Crippen LogP contribution in [0.5, 0.6) is 0 Å². The monoisotopic (exact) mass is 150 g/mol. The van der Waals surface area contributed by atoms with Crippen molar-refractivity contribution in [3.63, 3.8) is 0 Å². The van der Waals surface area contributed by atoms with Gasteiger partial charge in [-0.05, 0) is 19.8 Å². The van der Waals surface area contributed by atoms with E-state index in [0.29, 0.717) is 0 Å². The summed E-state index contributed by atoms with van der Waals surface area (Å²) < 4.78 is 0. The van der Waals surface area contributed by atoms with Gasteiger partial charge >= 0.3 is 0 Å². The van der Waals surface area contributed by atoms with Gasteiger partial charge in [-0.25, -0.2) is 0 Å². The SMILES string of the molecule is CC=CC=CC=C(CC)CC. The highest BCUT2D eigenvalue weighted by Crippen LogP contribution is 2.04. The quantitative estimate of drug-likeness (QED) is 0.534. The second-order valence-corrected chi connectivity index (χ2v) is 2.44. The summed E-state index contributed by atoms with van der Waals surface area (Å²) in [4.78, 5) is 0. The zero-order chi connectivity index (χ0) is 8.53. The number of hydrogen-bond donors (Lipinski definition) is 0. The Morgan fingerprint density at radius 2 is 1.64 bits per heavy atom. The van der Waals surface area contributed by atoms with Crippen LogP contribution in [-0.2, 0) is 0 Å². The molecule has 0 aliphatic carbocycles. The van der Waals surface area contributed by atoms with Crippen molar-refractivity contribution >= 4 is 0 Å². The third-order valence-electron chi connectivity index (χ3n) is 1.65. The van der Waals surface area contributed by atoms with E-state index in [1.54, 1.807) is 0 Å². The highest BCUT2D eigenvalue weighted by molar-refractivity contribution is 5.15. The second kappa shape index (κ2) is 7.33. The molecule has 0 unspecified atom stereocenters. The molecule has 0 rings (SSSR count). The molecule has 0 saturated heterocycles. The predicted molar refractivity (Wildman–Crippen MR) is 52.6 cm³/mol. The molecule has 0 radical (unpaired) electrons. The van der Waals surface area contributed by atoms with Gasteiger partial charge in [-0.2, -0.15) is 0 Å². The standard InChI is InChI=1S/C11H18/c1-4-7-8-9-10-11(5-2)6-3/h4,7-10H,5-6H2,1-3H3. The van der Waals surface area contributed by atoms with E-state index in [9.17, 15) is 0 Å². The molecule has 0 amide bonds. The molecule has 0 bridgehead atoms. The maximum Gasteiger partial charge on any atom is -0.0346 e. The lowest BCUT2D eigenvalue weighted by atomic mass is 10.1. The predicted octanol–water partition coefficient (Wildman–Crippen LogP) is 3.87. The van der Waals surface area contributed by atoms with Crippen molar-refractivity contribution < 1.29 is 0 Å². The molecule has 0 aromatic rings. The third-order valence-corrected chi connectivity index (χ3v) is 1.65. The molecular formula is C11H18. The number of hydrogen-bond acceptors (Lipinski definition) is 0. The van der Waals surface area contributed by atoms with Crippen LogP contribution < -0.4 is 0 Å². The first-order valence-electron chi connectivity index (χ1n) is 4.32. The Bertz CT molecular complexity index is 153. The van der Waals surface area contributed by atoms with Gasteiger partial charge in [0.05, 0.1) is 0 Å². The van der Waals surface area contributed by atoms with Gasteiger partial charge in [0.1, 0.15) is 0 Å². The first kappa shape index (κ1) is 10.2. The molecule has 0 heteroatoms. The molecule has 0 nitrogen and oxygen atoms in total. The van der Waals surface area contributed by atoms with Crippen molar-refractivity contribution in [2.75, 3.05) is 0 Å². The minimum absolute atomic E-state index is 1.16. The first-order valence-corrected chi connectivity index (χ1v) is 4.32. The van der Waals surface area contributed by atoms with Crippen molar-refractivity contribution in [1.29, 1.82) is 0 Å². The fraction of sp³-hybridized carbons (Fsp3) is 0.455. The summed E-state index contributed by atoms with van der Waals surface area (Å²) in [7, 11) is 0. The molecule has 0 spiro atoms. The zero-order valence-electron chi connectivity index (χ0n) is 7.80. The average Bonchev–Trinajstić information content (AvgIpc) is 2.05. The van der Waals surface area contributed by atoms with Crippen molar-refractivity contribution in [2.45, 2.75) is 33.6 Å². The lowest BCUT2D eigenvalue weighted by molar-refractivity contribution is 0.978. The van der Waals surface area contributed by atoms with E-state index in [4.69, 9.17) is 0 Å². The smallest absolute Gasteiger partial charge is 0.0346 e. The Kier molecular flexibility index (Phi) is 6.81. The van der Waals surface area contributed by atoms with Crippen LogP contribution in [0.3, 0.4) is 0 Å². The van der Waals surface area contributed by atoms with Crippen LogP contribution in [0.1, 0.15) is 33.6 Å². The van der Waals surface area contributed by atoms with E-state index in [0.717, 1.165) is 12.8 Å². The topological polar surface area (TPSA) is 0 Å². The van der Waals surface area contributed by atoms with Crippen molar-refractivity contribution in [2.24, 2.45) is 0 Å². The minimum Gasteiger partial charge on any atom is -0.0877 e. The maximum atomic E-state index is 2.19. The molecule has 0 N–H and O–H groups in total. The highest BCUT2D eigenvalue weighted by Gasteiger charge is 1.84. The van der Waals surface area contributed by atoms with E-state index in [2.05, 4.69) is 32.1 Å². The molecule has 0 heterocycles. The normalized spacial score (nSPS) is 11.2. The Hall–Kier alpha value is -0.780. The summed E-state index contributed by atoms with van der Waals surface area (Å²) in [5.74, 6) is 0. The van der Waals surface area contributed by atoms with Gasteiger partial charge in [-0.3, -0.25) is 0 Å². The third kappa shape index (κ3) is 5.65. The van der Waals surface area contributed by atoms with Crippen LogP contribution in [0, 0.1) is 0 Å². The van der Waals surface area contributed by atoms with Crippen LogP contribution in [0.15, 0.2) is 36.0 Å². The van der Waals surface area contributed by atoms with Crippen LogP contribution >= 0.6 is 0 Å². The van der Waals surface area contributed by atoms with Gasteiger partial charge in [0.25, 0.3) is 0 Å². The molecule has 0 fully saturated rings. The summed E-state index contributed by atoms with van der Waals surface area (Å²) in [6.45, 7) is 6.41. The molecule has 11 heavy (non-hydrogen) atoms. The van der Waals surface area contributed by atoms with Gasteiger partial charge in [-0.15, -0.1) is 0 Å². The van der Waals surface area contributed by atoms with Crippen LogP contribution in [0.4, 0.5) is 0 Å². The lowest BCUT2D eigenvalue weighted by Gasteiger charge is -1.94. The summed E-state index contributed by atoms with van der Waals surface area (Å²) in [6, 6.07) is 0. The summed E-state index contributed by atoms with van der Waals surface area (Å²) in [5, 5.41) is 0. The fourth-order valence-corrected chi connectivity index (χ4v) is 0.853. The Morgan fingerprint density at radius 1 is 1.00 bits per heavy atom. The zero-order valence-corrected chi connectivity index (χ0v) is 7.80. The summed E-state index contributed by atoms with van der Waals surface area (Å²) in [5.41, 5.74) is 1.51. The average molecular weight is 150 g/mol. The Balaban J connectivity index is 3.86. The van der Waals surface area contributed by atoms with Crippen molar-refractivity contribution in [3.05, 3.63) is 36.0 Å². The molecular weight excluding hydrogens is 132 g/mol. The van der Waals surface area contributed by atoms with Crippen LogP contribution in [-0.4, -0.2) is 0 Å². The maximum absolute atomic E-state index is 2.19. The fourth-order valence-electron chi connectivity index (χ4n) is 0.853. The molecule has 0 aliphatic heterocycles. The highest BCUT2D eigenvalue weighted by atomic mass is 13.9. The van der Waals surface area contributed by atoms with Gasteiger partial charge < -0.3 is 0 Å². The van der Waals surface area contributed by atoms with E-state index in [1.807, 2.05) is 19.1 Å². The second-order valence-electron chi connectivity index (χ2n) is 2.44. The van der Waals surface area contributed by atoms with Crippen molar-refractivity contribution in [3.8, 4) is 0 Å². The molecule has 62 valence electrons. The molecule has 0 saturated carbocycles. The lowest BCUT2D eigenvalue weighted by Crippen LogP contribution is -1.74. The molecule has 0 aromatic carbocycles. The Morgan fingerprint density at radius 3 is 2.09 bits per heavy atom. The van der Waals surface area contributed by atoms with Crippen LogP contribution in [0.25, 0.3) is 0 Å². The van der Waals surface area contributed by atoms with Crippen molar-refractivity contribution in [1.82, 2.24) is 0 Å². The molecule has 0 aliphatic rings. The van der Waals surface area contributed by atoms with Gasteiger partial charge in [0.2, 0.25) is 0 Å².